The van der Waals surface area contributed by atoms with Crippen molar-refractivity contribution in [3.05, 3.63) is 29.6 Å². The molecule has 1 aliphatic rings. The van der Waals surface area contributed by atoms with Gasteiger partial charge in [-0.15, -0.1) is 0 Å². The largest absolute Gasteiger partial charge is 0.375 e. The summed E-state index contributed by atoms with van der Waals surface area (Å²) in [4.78, 5) is -0.281. The molecule has 7 heteroatoms. The smallest absolute Gasteiger partial charge is 0.244 e. The molecule has 1 unspecified atom stereocenters. The Morgan fingerprint density at radius 3 is 2.95 bits per heavy atom. The lowest BCUT2D eigenvalue weighted by atomic mass is 10.2. The summed E-state index contributed by atoms with van der Waals surface area (Å²) in [5, 5.41) is 8.96. The van der Waals surface area contributed by atoms with E-state index in [1.807, 2.05) is 6.92 Å². The lowest BCUT2D eigenvalue weighted by molar-refractivity contribution is -0.00278. The second-order valence-electron chi connectivity index (χ2n) is 4.49. The topological polar surface area (TPSA) is 70.4 Å². The molecule has 5 nitrogen and oxygen atoms in total. The van der Waals surface area contributed by atoms with E-state index in [1.165, 1.54) is 16.4 Å². The highest BCUT2D eigenvalue weighted by Crippen LogP contribution is 2.24. The van der Waals surface area contributed by atoms with Gasteiger partial charge in [-0.25, -0.2) is 12.8 Å². The Morgan fingerprint density at radius 2 is 2.30 bits per heavy atom. The van der Waals surface area contributed by atoms with Crippen LogP contribution in [-0.2, 0) is 14.8 Å². The van der Waals surface area contributed by atoms with Crippen molar-refractivity contribution in [1.82, 2.24) is 4.31 Å². The Labute approximate surface area is 117 Å². The van der Waals surface area contributed by atoms with Gasteiger partial charge in [0.1, 0.15) is 22.3 Å². The number of halogens is 1. The van der Waals surface area contributed by atoms with Crippen LogP contribution in [-0.4, -0.2) is 38.5 Å². The second-order valence-corrected chi connectivity index (χ2v) is 6.40. The molecule has 0 aromatic heterocycles. The molecule has 1 heterocycles. The van der Waals surface area contributed by atoms with Crippen LogP contribution in [0.3, 0.4) is 0 Å². The monoisotopic (exact) mass is 298 g/mol. The highest BCUT2D eigenvalue weighted by Gasteiger charge is 2.32. The van der Waals surface area contributed by atoms with Gasteiger partial charge in [0.25, 0.3) is 0 Å². The molecule has 0 amide bonds. The number of ether oxygens (including phenoxy) is 1. The maximum absolute atomic E-state index is 13.6. The first-order chi connectivity index (χ1) is 9.50. The predicted molar refractivity (Wildman–Crippen MR) is 69.9 cm³/mol. The van der Waals surface area contributed by atoms with Crippen molar-refractivity contribution in [3.8, 4) is 6.07 Å². The number of rotatable bonds is 3. The van der Waals surface area contributed by atoms with Crippen molar-refractivity contribution < 1.29 is 17.5 Å². The molecule has 1 aliphatic heterocycles. The fraction of sp³-hybridized carbons (Fsp3) is 0.462. The molecular formula is C13H15FN2O3S. The summed E-state index contributed by atoms with van der Waals surface area (Å²) in [6.45, 7) is 2.64. The van der Waals surface area contributed by atoms with Crippen LogP contribution >= 0.6 is 0 Å². The molecule has 0 aliphatic carbocycles. The normalized spacial score (nSPS) is 20.6. The quantitative estimate of drug-likeness (QED) is 0.848. The van der Waals surface area contributed by atoms with Gasteiger partial charge < -0.3 is 4.74 Å². The maximum Gasteiger partial charge on any atom is 0.244 e. The van der Waals surface area contributed by atoms with E-state index in [4.69, 9.17) is 10.00 Å². The summed E-state index contributed by atoms with van der Waals surface area (Å²) in [5.74, 6) is -0.825. The SMILES string of the molecule is CCC1CN(S(=O)(=O)c2cccc(F)c2C#N)CCO1. The molecule has 2 rings (SSSR count). The minimum Gasteiger partial charge on any atom is -0.375 e. The lowest BCUT2D eigenvalue weighted by Gasteiger charge is -2.31. The van der Waals surface area contributed by atoms with Crippen molar-refractivity contribution >= 4 is 10.0 Å². The summed E-state index contributed by atoms with van der Waals surface area (Å²) in [7, 11) is -3.88. The van der Waals surface area contributed by atoms with E-state index in [0.29, 0.717) is 13.0 Å². The highest BCUT2D eigenvalue weighted by atomic mass is 32.2. The molecule has 1 aromatic rings. The van der Waals surface area contributed by atoms with Crippen molar-refractivity contribution in [2.75, 3.05) is 19.7 Å². The van der Waals surface area contributed by atoms with E-state index in [0.717, 1.165) is 6.07 Å². The first kappa shape index (κ1) is 14.9. The molecule has 0 radical (unpaired) electrons. The van der Waals surface area contributed by atoms with Crippen LogP contribution < -0.4 is 0 Å². The number of nitriles is 1. The Balaban J connectivity index is 2.41. The van der Waals surface area contributed by atoms with Crippen LogP contribution in [0.2, 0.25) is 0 Å². The van der Waals surface area contributed by atoms with Crippen LogP contribution in [0.4, 0.5) is 4.39 Å². The molecule has 1 aromatic carbocycles. The molecule has 0 spiro atoms. The zero-order valence-electron chi connectivity index (χ0n) is 11.0. The van der Waals surface area contributed by atoms with Crippen molar-refractivity contribution in [3.63, 3.8) is 0 Å². The Bertz CT molecular complexity index is 640. The summed E-state index contributed by atoms with van der Waals surface area (Å²) >= 11 is 0. The number of hydrogen-bond acceptors (Lipinski definition) is 4. The molecule has 1 atom stereocenters. The van der Waals surface area contributed by atoms with Gasteiger partial charge in [-0.05, 0) is 18.6 Å². The van der Waals surface area contributed by atoms with Crippen LogP contribution in [0.15, 0.2) is 23.1 Å². The zero-order valence-corrected chi connectivity index (χ0v) is 11.9. The Kier molecular flexibility index (Phi) is 4.38. The third-order valence-electron chi connectivity index (χ3n) is 3.26. The highest BCUT2D eigenvalue weighted by molar-refractivity contribution is 7.89. The lowest BCUT2D eigenvalue weighted by Crippen LogP contribution is -2.45. The number of morpholine rings is 1. The molecule has 20 heavy (non-hydrogen) atoms. The first-order valence-corrected chi connectivity index (χ1v) is 7.75. The van der Waals surface area contributed by atoms with Gasteiger partial charge in [-0.1, -0.05) is 13.0 Å². The van der Waals surface area contributed by atoms with Gasteiger partial charge in [0.15, 0.2) is 0 Å². The number of benzene rings is 1. The van der Waals surface area contributed by atoms with Gasteiger partial charge in [0, 0.05) is 13.1 Å². The molecule has 108 valence electrons. The van der Waals surface area contributed by atoms with Crippen LogP contribution in [0.5, 0.6) is 0 Å². The second kappa shape index (κ2) is 5.87. The van der Waals surface area contributed by atoms with Crippen LogP contribution in [0, 0.1) is 17.1 Å². The fourth-order valence-electron chi connectivity index (χ4n) is 2.12. The Morgan fingerprint density at radius 1 is 1.55 bits per heavy atom. The fourth-order valence-corrected chi connectivity index (χ4v) is 3.73. The maximum atomic E-state index is 13.6. The van der Waals surface area contributed by atoms with E-state index in [-0.39, 0.29) is 24.1 Å². The number of hydrogen-bond donors (Lipinski definition) is 0. The summed E-state index contributed by atoms with van der Waals surface area (Å²) in [6, 6.07) is 5.25. The van der Waals surface area contributed by atoms with E-state index in [9.17, 15) is 12.8 Å². The molecule has 0 bridgehead atoms. The molecule has 1 fully saturated rings. The minimum absolute atomic E-state index is 0.169. The molecule has 1 saturated heterocycles. The van der Waals surface area contributed by atoms with Crippen LogP contribution in [0.25, 0.3) is 0 Å². The summed E-state index contributed by atoms with van der Waals surface area (Å²) < 4.78 is 45.3. The predicted octanol–water partition coefficient (Wildman–Crippen LogP) is 1.50. The van der Waals surface area contributed by atoms with E-state index in [2.05, 4.69) is 0 Å². The van der Waals surface area contributed by atoms with Gasteiger partial charge in [0.05, 0.1) is 12.7 Å². The third-order valence-corrected chi connectivity index (χ3v) is 5.17. The number of nitrogens with zero attached hydrogens (tertiary/aromatic N) is 2. The van der Waals surface area contributed by atoms with Gasteiger partial charge in [-0.3, -0.25) is 0 Å². The standard InChI is InChI=1S/C13H15FN2O3S/c1-2-10-9-16(6-7-19-10)20(17,18)13-5-3-4-12(14)11(13)8-15/h3-5,10H,2,6-7,9H2,1H3. The number of sulfonamides is 1. The van der Waals surface area contributed by atoms with E-state index < -0.39 is 21.4 Å². The molecular weight excluding hydrogens is 283 g/mol. The van der Waals surface area contributed by atoms with Crippen molar-refractivity contribution in [2.24, 2.45) is 0 Å². The zero-order chi connectivity index (χ0) is 14.8. The first-order valence-electron chi connectivity index (χ1n) is 6.31. The van der Waals surface area contributed by atoms with Gasteiger partial charge >= 0.3 is 0 Å². The summed E-state index contributed by atoms with van der Waals surface area (Å²) in [6.07, 6.45) is 0.526. The third kappa shape index (κ3) is 2.68. The average molecular weight is 298 g/mol. The van der Waals surface area contributed by atoms with Crippen molar-refractivity contribution in [1.29, 1.82) is 5.26 Å². The van der Waals surface area contributed by atoms with E-state index >= 15 is 0 Å². The molecule has 0 saturated carbocycles. The van der Waals surface area contributed by atoms with Gasteiger partial charge in [0.2, 0.25) is 10.0 Å². The molecule has 0 N–H and O–H groups in total. The van der Waals surface area contributed by atoms with Crippen LogP contribution in [0.1, 0.15) is 18.9 Å². The Hall–Kier alpha value is -1.49. The summed E-state index contributed by atoms with van der Waals surface area (Å²) in [5.41, 5.74) is -0.438. The van der Waals surface area contributed by atoms with Gasteiger partial charge in [-0.2, -0.15) is 9.57 Å². The van der Waals surface area contributed by atoms with Crippen molar-refractivity contribution in [2.45, 2.75) is 24.3 Å². The minimum atomic E-state index is -3.88. The average Bonchev–Trinajstić information content (AvgIpc) is 2.47. The van der Waals surface area contributed by atoms with E-state index in [1.54, 1.807) is 6.07 Å².